The van der Waals surface area contributed by atoms with Gasteiger partial charge in [0.1, 0.15) is 0 Å². The lowest BCUT2D eigenvalue weighted by atomic mass is 10.1. The summed E-state index contributed by atoms with van der Waals surface area (Å²) in [6, 6.07) is 8.29. The average Bonchev–Trinajstić information content (AvgIpc) is 2.34. The van der Waals surface area contributed by atoms with Crippen molar-refractivity contribution in [1.82, 2.24) is 5.32 Å². The molecule has 0 aliphatic rings. The van der Waals surface area contributed by atoms with Crippen molar-refractivity contribution in [2.45, 2.75) is 26.3 Å². The van der Waals surface area contributed by atoms with E-state index < -0.39 is 0 Å². The van der Waals surface area contributed by atoms with Crippen molar-refractivity contribution in [3.05, 3.63) is 29.8 Å². The quantitative estimate of drug-likeness (QED) is 0.745. The number of carbonyl (C=O) groups excluding carboxylic acids is 1. The molecule has 0 fully saturated rings. The third-order valence-electron chi connectivity index (χ3n) is 2.68. The molecule has 18 heavy (non-hydrogen) atoms. The van der Waals surface area contributed by atoms with Crippen LogP contribution in [0.15, 0.2) is 24.3 Å². The zero-order valence-electron chi connectivity index (χ0n) is 11.3. The average molecular weight is 266 g/mol. The van der Waals surface area contributed by atoms with E-state index in [0.29, 0.717) is 6.04 Å². The van der Waals surface area contributed by atoms with Gasteiger partial charge >= 0.3 is 0 Å². The molecule has 1 aromatic carbocycles. The molecule has 1 amide bonds. The third-order valence-corrected chi connectivity index (χ3v) is 3.38. The van der Waals surface area contributed by atoms with Gasteiger partial charge in [0, 0.05) is 18.7 Å². The van der Waals surface area contributed by atoms with E-state index in [4.69, 9.17) is 0 Å². The Morgan fingerprint density at radius 2 is 2.22 bits per heavy atom. The summed E-state index contributed by atoms with van der Waals surface area (Å²) in [6.45, 7) is 4.69. The van der Waals surface area contributed by atoms with Crippen molar-refractivity contribution in [2.24, 2.45) is 0 Å². The highest BCUT2D eigenvalue weighted by molar-refractivity contribution is 7.98. The van der Waals surface area contributed by atoms with Crippen molar-refractivity contribution in [3.8, 4) is 0 Å². The van der Waals surface area contributed by atoms with Crippen molar-refractivity contribution in [3.63, 3.8) is 0 Å². The highest BCUT2D eigenvalue weighted by Crippen LogP contribution is 2.17. The molecule has 0 radical (unpaired) electrons. The Balaban J connectivity index is 2.51. The largest absolute Gasteiger partial charge is 0.326 e. The molecule has 2 N–H and O–H groups in total. The minimum atomic E-state index is -0.0345. The van der Waals surface area contributed by atoms with Crippen molar-refractivity contribution >= 4 is 23.4 Å². The van der Waals surface area contributed by atoms with Gasteiger partial charge in [-0.1, -0.05) is 12.1 Å². The first-order chi connectivity index (χ1) is 8.63. The molecule has 1 unspecified atom stereocenters. The number of hydrogen-bond acceptors (Lipinski definition) is 3. The maximum atomic E-state index is 11.0. The fourth-order valence-corrected chi connectivity index (χ4v) is 2.17. The normalized spacial score (nSPS) is 12.2. The predicted molar refractivity (Wildman–Crippen MR) is 80.2 cm³/mol. The molecule has 0 saturated heterocycles. The van der Waals surface area contributed by atoms with Crippen LogP contribution in [0.5, 0.6) is 0 Å². The molecule has 0 saturated carbocycles. The molecule has 3 nitrogen and oxygen atoms in total. The lowest BCUT2D eigenvalue weighted by Gasteiger charge is -2.15. The highest BCUT2D eigenvalue weighted by atomic mass is 32.2. The van der Waals surface area contributed by atoms with E-state index >= 15 is 0 Å². The fourth-order valence-electron chi connectivity index (χ4n) is 1.74. The van der Waals surface area contributed by atoms with Crippen LogP contribution in [0.25, 0.3) is 0 Å². The predicted octanol–water partition coefficient (Wildman–Crippen LogP) is 3.05. The molecule has 0 spiro atoms. The van der Waals surface area contributed by atoms with E-state index in [1.807, 2.05) is 30.0 Å². The number of anilines is 1. The molecule has 100 valence electrons. The molecule has 1 atom stereocenters. The second-order valence-electron chi connectivity index (χ2n) is 4.33. The van der Waals surface area contributed by atoms with Crippen molar-refractivity contribution in [1.29, 1.82) is 0 Å². The van der Waals surface area contributed by atoms with Gasteiger partial charge in [-0.3, -0.25) is 4.79 Å². The summed E-state index contributed by atoms with van der Waals surface area (Å²) in [7, 11) is 0. The Kier molecular flexibility index (Phi) is 6.83. The van der Waals surface area contributed by atoms with Crippen molar-refractivity contribution < 1.29 is 4.79 Å². The van der Waals surface area contributed by atoms with Gasteiger partial charge in [-0.2, -0.15) is 11.8 Å². The van der Waals surface area contributed by atoms with Crippen LogP contribution in [-0.4, -0.2) is 24.5 Å². The second-order valence-corrected chi connectivity index (χ2v) is 5.31. The summed E-state index contributed by atoms with van der Waals surface area (Å²) in [5, 5.41) is 6.29. The van der Waals surface area contributed by atoms with Gasteiger partial charge in [0.25, 0.3) is 0 Å². The van der Waals surface area contributed by atoms with Crippen molar-refractivity contribution in [2.75, 3.05) is 23.9 Å². The maximum Gasteiger partial charge on any atom is 0.221 e. The number of amides is 1. The molecule has 0 bridgehead atoms. The van der Waals surface area contributed by atoms with Gasteiger partial charge in [-0.05, 0) is 49.6 Å². The fraction of sp³-hybridized carbons (Fsp3) is 0.500. The Bertz CT molecular complexity index is 382. The number of carbonyl (C=O) groups is 1. The minimum absolute atomic E-state index is 0.0345. The maximum absolute atomic E-state index is 11.0. The number of benzene rings is 1. The molecule has 0 aliphatic heterocycles. The summed E-state index contributed by atoms with van der Waals surface area (Å²) in [5.74, 6) is 1.15. The van der Waals surface area contributed by atoms with Crippen LogP contribution in [0.3, 0.4) is 0 Å². The number of nitrogens with one attached hydrogen (secondary N) is 2. The summed E-state index contributed by atoms with van der Waals surface area (Å²) >= 11 is 1.87. The Hall–Kier alpha value is -1.00. The zero-order valence-corrected chi connectivity index (χ0v) is 12.1. The van der Waals surface area contributed by atoms with Crippen LogP contribution in [0, 0.1) is 0 Å². The zero-order chi connectivity index (χ0) is 13.4. The van der Waals surface area contributed by atoms with Crippen LogP contribution >= 0.6 is 11.8 Å². The molecule has 0 aromatic heterocycles. The second kappa shape index (κ2) is 8.16. The van der Waals surface area contributed by atoms with Crippen LogP contribution in [0.4, 0.5) is 5.69 Å². The molecule has 0 heterocycles. The van der Waals surface area contributed by atoms with E-state index in [1.54, 1.807) is 0 Å². The first kappa shape index (κ1) is 15.1. The SMILES string of the molecule is CSCCCNC(C)c1cccc(NC(C)=O)c1. The molecule has 0 aliphatic carbocycles. The smallest absolute Gasteiger partial charge is 0.221 e. The van der Waals surface area contributed by atoms with E-state index in [-0.39, 0.29) is 5.91 Å². The number of rotatable bonds is 7. The van der Waals surface area contributed by atoms with E-state index in [0.717, 1.165) is 12.2 Å². The van der Waals surface area contributed by atoms with Crippen LogP contribution in [0.1, 0.15) is 31.9 Å². The summed E-state index contributed by atoms with van der Waals surface area (Å²) < 4.78 is 0. The third kappa shape index (κ3) is 5.56. The highest BCUT2D eigenvalue weighted by Gasteiger charge is 2.05. The lowest BCUT2D eigenvalue weighted by Crippen LogP contribution is -2.20. The lowest BCUT2D eigenvalue weighted by molar-refractivity contribution is -0.114. The molecular weight excluding hydrogens is 244 g/mol. The van der Waals surface area contributed by atoms with Gasteiger partial charge in [-0.15, -0.1) is 0 Å². The van der Waals surface area contributed by atoms with E-state index in [2.05, 4.69) is 29.9 Å². The van der Waals surface area contributed by atoms with Crippen LogP contribution < -0.4 is 10.6 Å². The Labute approximate surface area is 114 Å². The van der Waals surface area contributed by atoms with Crippen LogP contribution in [0.2, 0.25) is 0 Å². The molecule has 4 heteroatoms. The Morgan fingerprint density at radius 3 is 2.89 bits per heavy atom. The minimum Gasteiger partial charge on any atom is -0.326 e. The Morgan fingerprint density at radius 1 is 1.44 bits per heavy atom. The molecular formula is C14H22N2OS. The van der Waals surface area contributed by atoms with E-state index in [1.165, 1.54) is 24.7 Å². The summed E-state index contributed by atoms with van der Waals surface area (Å²) in [4.78, 5) is 11.0. The number of thioether (sulfide) groups is 1. The van der Waals surface area contributed by atoms with Gasteiger partial charge in [0.05, 0.1) is 0 Å². The first-order valence-electron chi connectivity index (χ1n) is 6.23. The summed E-state index contributed by atoms with van der Waals surface area (Å²) in [6.07, 6.45) is 3.30. The first-order valence-corrected chi connectivity index (χ1v) is 7.62. The van der Waals surface area contributed by atoms with Gasteiger partial charge in [-0.25, -0.2) is 0 Å². The van der Waals surface area contributed by atoms with E-state index in [9.17, 15) is 4.79 Å². The topological polar surface area (TPSA) is 41.1 Å². The van der Waals surface area contributed by atoms with Gasteiger partial charge in [0.2, 0.25) is 5.91 Å². The van der Waals surface area contributed by atoms with Gasteiger partial charge in [0.15, 0.2) is 0 Å². The molecule has 1 rings (SSSR count). The summed E-state index contributed by atoms with van der Waals surface area (Å²) in [5.41, 5.74) is 2.06. The van der Waals surface area contributed by atoms with Crippen LogP contribution in [-0.2, 0) is 4.79 Å². The molecule has 1 aromatic rings. The monoisotopic (exact) mass is 266 g/mol. The van der Waals surface area contributed by atoms with Gasteiger partial charge < -0.3 is 10.6 Å². The standard InChI is InChI=1S/C14H22N2OS/c1-11(15-8-5-9-18-3)13-6-4-7-14(10-13)16-12(2)17/h4,6-7,10-11,15H,5,8-9H2,1-3H3,(H,16,17). The number of hydrogen-bond donors (Lipinski definition) is 2.